The van der Waals surface area contributed by atoms with E-state index in [1.165, 1.54) is 6.07 Å². The molecule has 1 fully saturated rings. The van der Waals surface area contributed by atoms with E-state index in [9.17, 15) is 31.1 Å². The molecule has 1 aliphatic carbocycles. The number of amides is 1. The molecule has 2 aliphatic rings. The number of rotatable bonds is 3. The Morgan fingerprint density at radius 1 is 0.970 bits per heavy atom. The lowest BCUT2D eigenvalue weighted by Gasteiger charge is -2.40. The van der Waals surface area contributed by atoms with Crippen LogP contribution in [0.4, 0.5) is 26.3 Å². The normalized spacial score (nSPS) is 18.7. The molecule has 33 heavy (non-hydrogen) atoms. The molecule has 2 aromatic rings. The zero-order chi connectivity index (χ0) is 24.0. The fourth-order valence-corrected chi connectivity index (χ4v) is 4.54. The Kier molecular flexibility index (Phi) is 5.69. The monoisotopic (exact) mass is 471 g/mol. The first-order chi connectivity index (χ1) is 15.4. The van der Waals surface area contributed by atoms with E-state index in [1.807, 2.05) is 0 Å². The van der Waals surface area contributed by atoms with E-state index in [1.54, 1.807) is 0 Å². The molecule has 1 amide bonds. The van der Waals surface area contributed by atoms with Gasteiger partial charge in [-0.1, -0.05) is 18.9 Å². The maximum Gasteiger partial charge on any atom is 0.433 e. The highest BCUT2D eigenvalue weighted by Crippen LogP contribution is 2.47. The zero-order valence-corrected chi connectivity index (χ0v) is 17.1. The Bertz CT molecular complexity index is 1120. The fourth-order valence-electron chi connectivity index (χ4n) is 4.54. The van der Waals surface area contributed by atoms with E-state index >= 15 is 0 Å². The zero-order valence-electron chi connectivity index (χ0n) is 17.1. The van der Waals surface area contributed by atoms with E-state index < -0.39 is 35.1 Å². The van der Waals surface area contributed by atoms with E-state index in [0.29, 0.717) is 30.8 Å². The molecular formula is C21H19F6N5O. The van der Waals surface area contributed by atoms with Crippen molar-refractivity contribution in [3.05, 3.63) is 53.0 Å². The van der Waals surface area contributed by atoms with E-state index in [0.717, 1.165) is 25.0 Å². The number of primary amides is 1. The standard InChI is InChI=1S/C21H19F6N5O/c22-20(23,24)11-3-4-12(13(7-11)15-8-16(21(25,26)27)30-10-29-15)17-14(18(28)33)9-31-32-19(17)5-1-2-6-19/h3-4,7-8,10,31-32H,1-2,5-6,9H2,(H2,28,33). The second-order valence-electron chi connectivity index (χ2n) is 8.03. The summed E-state index contributed by atoms with van der Waals surface area (Å²) in [5.74, 6) is -0.769. The number of carbonyl (C=O) groups is 1. The first kappa shape index (κ1) is 23.2. The Hall–Kier alpha value is -2.99. The Balaban J connectivity index is 2.02. The molecule has 1 saturated carbocycles. The second kappa shape index (κ2) is 8.10. The van der Waals surface area contributed by atoms with Crippen LogP contribution in [0.3, 0.4) is 0 Å². The van der Waals surface area contributed by atoms with E-state index in [-0.39, 0.29) is 28.9 Å². The molecular weight excluding hydrogens is 452 g/mol. The van der Waals surface area contributed by atoms with Gasteiger partial charge in [0.1, 0.15) is 12.0 Å². The molecule has 4 rings (SSSR count). The van der Waals surface area contributed by atoms with Crippen molar-refractivity contribution in [1.82, 2.24) is 20.8 Å². The van der Waals surface area contributed by atoms with Crippen LogP contribution in [-0.4, -0.2) is 28.0 Å². The van der Waals surface area contributed by atoms with Crippen molar-refractivity contribution in [2.75, 3.05) is 6.54 Å². The lowest BCUT2D eigenvalue weighted by Crippen LogP contribution is -2.57. The van der Waals surface area contributed by atoms with Gasteiger partial charge < -0.3 is 5.73 Å². The van der Waals surface area contributed by atoms with Gasteiger partial charge in [-0.15, -0.1) is 0 Å². The van der Waals surface area contributed by atoms with Gasteiger partial charge in [0.05, 0.1) is 16.8 Å². The second-order valence-corrected chi connectivity index (χ2v) is 8.03. The van der Waals surface area contributed by atoms with Crippen molar-refractivity contribution in [3.8, 4) is 11.3 Å². The lowest BCUT2D eigenvalue weighted by atomic mass is 9.77. The minimum Gasteiger partial charge on any atom is -0.366 e. The quantitative estimate of drug-likeness (QED) is 0.592. The molecule has 2 heterocycles. The van der Waals surface area contributed by atoms with Crippen molar-refractivity contribution < 1.29 is 31.1 Å². The first-order valence-corrected chi connectivity index (χ1v) is 10.1. The third-order valence-electron chi connectivity index (χ3n) is 5.98. The largest absolute Gasteiger partial charge is 0.433 e. The Morgan fingerprint density at radius 3 is 2.27 bits per heavy atom. The number of benzene rings is 1. The molecule has 0 atom stereocenters. The van der Waals surface area contributed by atoms with Crippen molar-refractivity contribution >= 4 is 11.5 Å². The third kappa shape index (κ3) is 4.32. The summed E-state index contributed by atoms with van der Waals surface area (Å²) in [5, 5.41) is 0. The van der Waals surface area contributed by atoms with Crippen molar-refractivity contribution in [2.45, 2.75) is 43.6 Å². The molecule has 0 saturated heterocycles. The fraction of sp³-hybridized carbons (Fsp3) is 0.381. The summed E-state index contributed by atoms with van der Waals surface area (Å²) in [6, 6.07) is 3.34. The summed E-state index contributed by atoms with van der Waals surface area (Å²) in [4.78, 5) is 19.3. The summed E-state index contributed by atoms with van der Waals surface area (Å²) in [6.07, 6.45) is -6.23. The minimum atomic E-state index is -4.82. The van der Waals surface area contributed by atoms with Crippen LogP contribution in [0.2, 0.25) is 0 Å². The van der Waals surface area contributed by atoms with Gasteiger partial charge in [-0.3, -0.25) is 10.2 Å². The lowest BCUT2D eigenvalue weighted by molar-refractivity contribution is -0.141. The van der Waals surface area contributed by atoms with Crippen LogP contribution in [-0.2, 0) is 17.1 Å². The van der Waals surface area contributed by atoms with Gasteiger partial charge in [-0.25, -0.2) is 15.4 Å². The average Bonchev–Trinajstić information content (AvgIpc) is 3.20. The average molecular weight is 471 g/mol. The van der Waals surface area contributed by atoms with E-state index in [2.05, 4.69) is 20.8 Å². The number of carbonyl (C=O) groups excluding carboxylic acids is 1. The molecule has 1 aromatic heterocycles. The number of hydrogen-bond acceptors (Lipinski definition) is 5. The van der Waals surface area contributed by atoms with Gasteiger partial charge in [-0.2, -0.15) is 26.3 Å². The number of nitrogens with zero attached hydrogens (tertiary/aromatic N) is 2. The Labute approximate surface area is 184 Å². The van der Waals surface area contributed by atoms with Crippen LogP contribution in [0.5, 0.6) is 0 Å². The number of halogens is 6. The highest BCUT2D eigenvalue weighted by atomic mass is 19.4. The smallest absolute Gasteiger partial charge is 0.366 e. The SMILES string of the molecule is NC(=O)C1=C(c2ccc(C(F)(F)F)cc2-c2cc(C(F)(F)F)ncn2)C2(CCCC2)NNC1. The van der Waals surface area contributed by atoms with Gasteiger partial charge >= 0.3 is 12.4 Å². The van der Waals surface area contributed by atoms with Crippen molar-refractivity contribution in [2.24, 2.45) is 5.73 Å². The molecule has 1 aromatic carbocycles. The summed E-state index contributed by atoms with van der Waals surface area (Å²) in [5.41, 5.74) is 8.64. The summed E-state index contributed by atoms with van der Waals surface area (Å²) in [6.45, 7) is 0.00442. The highest BCUT2D eigenvalue weighted by molar-refractivity contribution is 6.04. The first-order valence-electron chi connectivity index (χ1n) is 10.1. The maximum absolute atomic E-state index is 13.5. The molecule has 0 unspecified atom stereocenters. The van der Waals surface area contributed by atoms with Crippen LogP contribution in [0, 0.1) is 0 Å². The summed E-state index contributed by atoms with van der Waals surface area (Å²) < 4.78 is 80.3. The van der Waals surface area contributed by atoms with Crippen LogP contribution in [0.15, 0.2) is 36.2 Å². The van der Waals surface area contributed by atoms with Crippen LogP contribution in [0.1, 0.15) is 42.5 Å². The van der Waals surface area contributed by atoms with Crippen LogP contribution < -0.4 is 16.6 Å². The maximum atomic E-state index is 13.5. The minimum absolute atomic E-state index is 0.00442. The van der Waals surface area contributed by atoms with Crippen molar-refractivity contribution in [3.63, 3.8) is 0 Å². The highest BCUT2D eigenvalue weighted by Gasteiger charge is 2.44. The summed E-state index contributed by atoms with van der Waals surface area (Å²) >= 11 is 0. The molecule has 12 heteroatoms. The molecule has 4 N–H and O–H groups in total. The van der Waals surface area contributed by atoms with Crippen LogP contribution >= 0.6 is 0 Å². The summed E-state index contributed by atoms with van der Waals surface area (Å²) in [7, 11) is 0. The molecule has 1 aliphatic heterocycles. The van der Waals surface area contributed by atoms with Gasteiger partial charge in [0.2, 0.25) is 5.91 Å². The van der Waals surface area contributed by atoms with Gasteiger partial charge in [-0.05, 0) is 42.2 Å². The molecule has 0 radical (unpaired) electrons. The Morgan fingerprint density at radius 2 is 1.67 bits per heavy atom. The molecule has 6 nitrogen and oxygen atoms in total. The third-order valence-corrected chi connectivity index (χ3v) is 5.98. The molecule has 176 valence electrons. The predicted octanol–water partition coefficient (Wildman–Crippen LogP) is 3.84. The topological polar surface area (TPSA) is 92.9 Å². The number of hydrogen-bond donors (Lipinski definition) is 3. The predicted molar refractivity (Wildman–Crippen MR) is 106 cm³/mol. The number of aromatic nitrogens is 2. The number of nitrogens with two attached hydrogens (primary N) is 1. The van der Waals surface area contributed by atoms with Crippen LogP contribution in [0.25, 0.3) is 16.8 Å². The number of hydrazine groups is 1. The van der Waals surface area contributed by atoms with Gasteiger partial charge in [0.25, 0.3) is 0 Å². The van der Waals surface area contributed by atoms with Crippen molar-refractivity contribution in [1.29, 1.82) is 0 Å². The van der Waals surface area contributed by atoms with Gasteiger partial charge in [0.15, 0.2) is 0 Å². The molecule has 1 spiro atoms. The van der Waals surface area contributed by atoms with Gasteiger partial charge in [0, 0.05) is 17.7 Å². The number of nitrogens with one attached hydrogen (secondary N) is 2. The molecule has 0 bridgehead atoms. The number of alkyl halides is 6. The van der Waals surface area contributed by atoms with E-state index in [4.69, 9.17) is 5.73 Å².